The highest BCUT2D eigenvalue weighted by molar-refractivity contribution is 7.07. The molecule has 0 bridgehead atoms. The summed E-state index contributed by atoms with van der Waals surface area (Å²) in [4.78, 5) is 15.9. The van der Waals surface area contributed by atoms with Crippen LogP contribution in [0.5, 0.6) is 0 Å². The Morgan fingerprint density at radius 1 is 1.91 bits per heavy atom. The summed E-state index contributed by atoms with van der Waals surface area (Å²) < 4.78 is 0. The number of carbonyl (C=O) groups is 1. The van der Waals surface area contributed by atoms with Gasteiger partial charge in [0.1, 0.15) is 0 Å². The quantitative estimate of drug-likeness (QED) is 0.528. The Bertz CT molecular complexity index is 237. The summed E-state index contributed by atoms with van der Waals surface area (Å²) >= 11 is 6.71. The van der Waals surface area contributed by atoms with Crippen LogP contribution in [0.25, 0.3) is 0 Å². The molecule has 0 atom stereocenters. The van der Waals surface area contributed by atoms with E-state index in [0.29, 0.717) is 6.54 Å². The first-order valence-electron chi connectivity index (χ1n) is 2.98. The van der Waals surface area contributed by atoms with Crippen LogP contribution in [0, 0.1) is 0 Å². The van der Waals surface area contributed by atoms with Gasteiger partial charge in [0.2, 0.25) is 0 Å². The number of nitrogens with zero attached hydrogens (tertiary/aromatic N) is 2. The fourth-order valence-electron chi connectivity index (χ4n) is 0.621. The van der Waals surface area contributed by atoms with Crippen LogP contribution in [0.15, 0.2) is 10.9 Å². The lowest BCUT2D eigenvalue weighted by atomic mass is 10.5. The zero-order valence-electron chi connectivity index (χ0n) is 5.95. The van der Waals surface area contributed by atoms with Crippen molar-refractivity contribution in [3.8, 4) is 0 Å². The largest absolute Gasteiger partial charge is 0.326 e. The van der Waals surface area contributed by atoms with E-state index in [2.05, 4.69) is 4.98 Å². The fraction of sp³-hybridized carbons (Fsp3) is 0.333. The molecule has 5 heteroatoms. The van der Waals surface area contributed by atoms with Crippen LogP contribution in [0.2, 0.25) is 0 Å². The van der Waals surface area contributed by atoms with E-state index in [4.69, 9.17) is 11.6 Å². The molecule has 3 nitrogen and oxygen atoms in total. The lowest BCUT2D eigenvalue weighted by Crippen LogP contribution is -2.20. The third-order valence-corrected chi connectivity index (χ3v) is 2.11. The number of halogens is 1. The second-order valence-corrected chi connectivity index (χ2v) is 3.13. The first-order chi connectivity index (χ1) is 5.20. The summed E-state index contributed by atoms with van der Waals surface area (Å²) in [6.45, 7) is 0.478. The molecule has 0 aliphatic rings. The number of aromatic nitrogens is 1. The van der Waals surface area contributed by atoms with Crippen LogP contribution in [0.4, 0.5) is 4.79 Å². The first-order valence-corrected chi connectivity index (χ1v) is 4.30. The number of carbonyl (C=O) groups excluding carboxylic acids is 1. The van der Waals surface area contributed by atoms with Gasteiger partial charge in [-0.3, -0.25) is 4.79 Å². The smallest absolute Gasteiger partial charge is 0.316 e. The highest BCUT2D eigenvalue weighted by atomic mass is 35.5. The monoisotopic (exact) mass is 190 g/mol. The molecule has 1 aromatic heterocycles. The van der Waals surface area contributed by atoms with Gasteiger partial charge in [0.15, 0.2) is 0 Å². The Morgan fingerprint density at radius 3 is 3.09 bits per heavy atom. The fourth-order valence-corrected chi connectivity index (χ4v) is 1.23. The summed E-state index contributed by atoms with van der Waals surface area (Å²) in [5, 5.41) is 1.43. The Morgan fingerprint density at radius 2 is 2.64 bits per heavy atom. The molecule has 0 aliphatic heterocycles. The molecule has 0 unspecified atom stereocenters. The molecule has 11 heavy (non-hydrogen) atoms. The molecule has 0 spiro atoms. The van der Waals surface area contributed by atoms with Gasteiger partial charge in [0, 0.05) is 12.4 Å². The molecule has 1 heterocycles. The highest BCUT2D eigenvalue weighted by Gasteiger charge is 2.05. The molecule has 1 rings (SSSR count). The summed E-state index contributed by atoms with van der Waals surface area (Å²) in [5.41, 5.74) is 2.59. The minimum atomic E-state index is -0.460. The molecule has 0 saturated carbocycles. The van der Waals surface area contributed by atoms with Gasteiger partial charge in [0.25, 0.3) is 0 Å². The van der Waals surface area contributed by atoms with Crippen molar-refractivity contribution in [1.29, 1.82) is 0 Å². The van der Waals surface area contributed by atoms with Gasteiger partial charge < -0.3 is 4.90 Å². The van der Waals surface area contributed by atoms with Crippen molar-refractivity contribution in [1.82, 2.24) is 9.88 Å². The van der Waals surface area contributed by atoms with E-state index in [-0.39, 0.29) is 0 Å². The molecule has 1 aromatic rings. The van der Waals surface area contributed by atoms with E-state index in [1.807, 2.05) is 5.38 Å². The first kappa shape index (κ1) is 8.49. The van der Waals surface area contributed by atoms with Crippen molar-refractivity contribution in [2.45, 2.75) is 6.54 Å². The lowest BCUT2D eigenvalue weighted by molar-refractivity contribution is 0.230. The highest BCUT2D eigenvalue weighted by Crippen LogP contribution is 2.05. The number of hydrogen-bond donors (Lipinski definition) is 0. The third-order valence-electron chi connectivity index (χ3n) is 1.18. The van der Waals surface area contributed by atoms with Crippen molar-refractivity contribution in [2.24, 2.45) is 0 Å². The third kappa shape index (κ3) is 2.48. The van der Waals surface area contributed by atoms with E-state index in [1.165, 1.54) is 16.2 Å². The predicted molar refractivity (Wildman–Crippen MR) is 44.8 cm³/mol. The average Bonchev–Trinajstić information content (AvgIpc) is 2.39. The van der Waals surface area contributed by atoms with E-state index in [9.17, 15) is 4.79 Å². The molecule has 0 radical (unpaired) electrons. The van der Waals surface area contributed by atoms with Crippen LogP contribution in [-0.4, -0.2) is 22.3 Å². The molecular formula is C6H7ClN2OS. The molecule has 0 aromatic carbocycles. The lowest BCUT2D eigenvalue weighted by Gasteiger charge is -2.09. The average molecular weight is 191 g/mol. The van der Waals surface area contributed by atoms with E-state index >= 15 is 0 Å². The van der Waals surface area contributed by atoms with Gasteiger partial charge in [-0.2, -0.15) is 0 Å². The van der Waals surface area contributed by atoms with Crippen molar-refractivity contribution in [3.05, 3.63) is 16.6 Å². The molecule has 0 aliphatic carbocycles. The predicted octanol–water partition coefficient (Wildman–Crippen LogP) is 1.93. The molecule has 60 valence electrons. The maximum atomic E-state index is 10.5. The van der Waals surface area contributed by atoms with Gasteiger partial charge in [-0.25, -0.2) is 4.98 Å². The summed E-state index contributed by atoms with van der Waals surface area (Å²) in [6, 6.07) is 0. The minimum Gasteiger partial charge on any atom is -0.326 e. The summed E-state index contributed by atoms with van der Waals surface area (Å²) in [6.07, 6.45) is 0. The maximum Gasteiger partial charge on any atom is 0.316 e. The van der Waals surface area contributed by atoms with Crippen LogP contribution >= 0.6 is 22.9 Å². The topological polar surface area (TPSA) is 33.2 Å². The molecule has 0 N–H and O–H groups in total. The summed E-state index contributed by atoms with van der Waals surface area (Å²) in [5.74, 6) is 0. The van der Waals surface area contributed by atoms with Crippen molar-refractivity contribution < 1.29 is 4.79 Å². The summed E-state index contributed by atoms with van der Waals surface area (Å²) in [7, 11) is 1.63. The van der Waals surface area contributed by atoms with E-state index < -0.39 is 5.37 Å². The second-order valence-electron chi connectivity index (χ2n) is 2.09. The van der Waals surface area contributed by atoms with Crippen molar-refractivity contribution in [3.63, 3.8) is 0 Å². The SMILES string of the molecule is CN(Cc1cscn1)C(=O)Cl. The Labute approximate surface area is 73.6 Å². The van der Waals surface area contributed by atoms with E-state index in [1.54, 1.807) is 12.6 Å². The Kier molecular flexibility index (Phi) is 2.84. The molecule has 0 fully saturated rings. The standard InChI is InChI=1S/C6H7ClN2OS/c1-9(6(7)10)2-5-3-11-4-8-5/h3-4H,2H2,1H3. The van der Waals surface area contributed by atoms with Gasteiger partial charge >= 0.3 is 5.37 Å². The van der Waals surface area contributed by atoms with Gasteiger partial charge in [-0.15, -0.1) is 11.3 Å². The Balaban J connectivity index is 2.50. The maximum absolute atomic E-state index is 10.5. The normalized spacial score (nSPS) is 9.64. The van der Waals surface area contributed by atoms with E-state index in [0.717, 1.165) is 5.69 Å². The molecule has 0 saturated heterocycles. The zero-order chi connectivity index (χ0) is 8.27. The number of rotatable bonds is 2. The van der Waals surface area contributed by atoms with Gasteiger partial charge in [-0.1, -0.05) is 0 Å². The number of hydrogen-bond acceptors (Lipinski definition) is 3. The second kappa shape index (κ2) is 3.69. The van der Waals surface area contributed by atoms with Gasteiger partial charge in [0.05, 0.1) is 17.7 Å². The number of thiazole rings is 1. The minimum absolute atomic E-state index is 0.460. The van der Waals surface area contributed by atoms with Crippen molar-refractivity contribution >= 4 is 28.3 Å². The van der Waals surface area contributed by atoms with Crippen LogP contribution < -0.4 is 0 Å². The number of amides is 1. The van der Waals surface area contributed by atoms with Crippen LogP contribution in [0.1, 0.15) is 5.69 Å². The van der Waals surface area contributed by atoms with Crippen LogP contribution in [-0.2, 0) is 6.54 Å². The zero-order valence-corrected chi connectivity index (χ0v) is 7.52. The molecule has 1 amide bonds. The Hall–Kier alpha value is -0.610. The van der Waals surface area contributed by atoms with Gasteiger partial charge in [-0.05, 0) is 11.6 Å². The molecular weight excluding hydrogens is 184 g/mol. The van der Waals surface area contributed by atoms with Crippen LogP contribution in [0.3, 0.4) is 0 Å². The van der Waals surface area contributed by atoms with Crippen molar-refractivity contribution in [2.75, 3.05) is 7.05 Å².